The van der Waals surface area contributed by atoms with E-state index in [0.717, 1.165) is 12.8 Å². The SMILES string of the molecule is C[C@@H](CCc1ccccc1)NC(=O)Cc1ccccc1F. The number of nitrogens with one attached hydrogen (secondary N) is 1. The Hall–Kier alpha value is -2.16. The van der Waals surface area contributed by atoms with Crippen LogP contribution in [0.5, 0.6) is 0 Å². The van der Waals surface area contributed by atoms with E-state index in [9.17, 15) is 9.18 Å². The fraction of sp³-hybridized carbons (Fsp3) is 0.278. The van der Waals surface area contributed by atoms with E-state index in [4.69, 9.17) is 0 Å². The lowest BCUT2D eigenvalue weighted by Crippen LogP contribution is -2.34. The molecule has 1 N–H and O–H groups in total. The van der Waals surface area contributed by atoms with E-state index in [1.165, 1.54) is 11.6 Å². The lowest BCUT2D eigenvalue weighted by atomic mass is 10.1. The highest BCUT2D eigenvalue weighted by Gasteiger charge is 2.10. The molecule has 2 aromatic carbocycles. The van der Waals surface area contributed by atoms with E-state index in [0.29, 0.717) is 5.56 Å². The quantitative estimate of drug-likeness (QED) is 0.864. The van der Waals surface area contributed by atoms with Gasteiger partial charge in [-0.05, 0) is 37.0 Å². The first kappa shape index (κ1) is 15.2. The molecular formula is C18H20FNO. The van der Waals surface area contributed by atoms with Gasteiger partial charge in [0.05, 0.1) is 6.42 Å². The molecule has 0 aliphatic heterocycles. The predicted octanol–water partition coefficient (Wildman–Crippen LogP) is 3.51. The normalized spacial score (nSPS) is 11.9. The van der Waals surface area contributed by atoms with Gasteiger partial charge in [-0.1, -0.05) is 48.5 Å². The van der Waals surface area contributed by atoms with Gasteiger partial charge < -0.3 is 5.32 Å². The van der Waals surface area contributed by atoms with Crippen molar-refractivity contribution in [1.29, 1.82) is 0 Å². The van der Waals surface area contributed by atoms with Crippen molar-refractivity contribution in [2.45, 2.75) is 32.2 Å². The fourth-order valence-corrected chi connectivity index (χ4v) is 2.24. The van der Waals surface area contributed by atoms with Crippen molar-refractivity contribution in [2.24, 2.45) is 0 Å². The number of benzene rings is 2. The second-order valence-corrected chi connectivity index (χ2v) is 5.26. The molecule has 2 rings (SSSR count). The maximum atomic E-state index is 13.5. The first-order valence-electron chi connectivity index (χ1n) is 7.22. The van der Waals surface area contributed by atoms with Crippen LogP contribution >= 0.6 is 0 Å². The minimum Gasteiger partial charge on any atom is -0.353 e. The van der Waals surface area contributed by atoms with Crippen LogP contribution in [-0.4, -0.2) is 11.9 Å². The van der Waals surface area contributed by atoms with Gasteiger partial charge in [-0.2, -0.15) is 0 Å². The Morgan fingerprint density at radius 3 is 2.48 bits per heavy atom. The van der Waals surface area contributed by atoms with Crippen LogP contribution in [0.1, 0.15) is 24.5 Å². The van der Waals surface area contributed by atoms with Crippen molar-refractivity contribution in [3.8, 4) is 0 Å². The number of carbonyl (C=O) groups excluding carboxylic acids is 1. The van der Waals surface area contributed by atoms with Gasteiger partial charge in [0.25, 0.3) is 0 Å². The molecule has 0 unspecified atom stereocenters. The smallest absolute Gasteiger partial charge is 0.224 e. The molecule has 0 aromatic heterocycles. The average Bonchev–Trinajstić information content (AvgIpc) is 2.48. The number of hydrogen-bond donors (Lipinski definition) is 1. The number of halogens is 1. The van der Waals surface area contributed by atoms with Crippen molar-refractivity contribution < 1.29 is 9.18 Å². The van der Waals surface area contributed by atoms with Crippen LogP contribution in [0.2, 0.25) is 0 Å². The highest BCUT2D eigenvalue weighted by Crippen LogP contribution is 2.08. The molecule has 0 saturated carbocycles. The molecule has 3 heteroatoms. The molecule has 2 nitrogen and oxygen atoms in total. The summed E-state index contributed by atoms with van der Waals surface area (Å²) in [6.07, 6.45) is 1.87. The molecule has 2 aromatic rings. The molecule has 0 radical (unpaired) electrons. The molecule has 1 amide bonds. The lowest BCUT2D eigenvalue weighted by Gasteiger charge is -2.14. The summed E-state index contributed by atoms with van der Waals surface area (Å²) in [6, 6.07) is 16.6. The predicted molar refractivity (Wildman–Crippen MR) is 82.5 cm³/mol. The summed E-state index contributed by atoms with van der Waals surface area (Å²) in [5.41, 5.74) is 1.69. The third kappa shape index (κ3) is 5.03. The second kappa shape index (κ2) is 7.58. The highest BCUT2D eigenvalue weighted by atomic mass is 19.1. The van der Waals surface area contributed by atoms with Crippen LogP contribution in [-0.2, 0) is 17.6 Å². The first-order chi connectivity index (χ1) is 10.1. The van der Waals surface area contributed by atoms with Crippen molar-refractivity contribution in [1.82, 2.24) is 5.32 Å². The number of amides is 1. The average molecular weight is 285 g/mol. The van der Waals surface area contributed by atoms with Crippen molar-refractivity contribution >= 4 is 5.91 Å². The maximum Gasteiger partial charge on any atom is 0.224 e. The van der Waals surface area contributed by atoms with Crippen molar-refractivity contribution in [3.63, 3.8) is 0 Å². The van der Waals surface area contributed by atoms with Crippen LogP contribution in [0.4, 0.5) is 4.39 Å². The summed E-state index contributed by atoms with van der Waals surface area (Å²) >= 11 is 0. The van der Waals surface area contributed by atoms with E-state index < -0.39 is 0 Å². The lowest BCUT2D eigenvalue weighted by molar-refractivity contribution is -0.121. The Morgan fingerprint density at radius 2 is 1.76 bits per heavy atom. The Bertz CT molecular complexity index is 583. The third-order valence-corrected chi connectivity index (χ3v) is 3.43. The van der Waals surface area contributed by atoms with E-state index >= 15 is 0 Å². The van der Waals surface area contributed by atoms with E-state index in [-0.39, 0.29) is 24.2 Å². The Labute approximate surface area is 125 Å². The summed E-state index contributed by atoms with van der Waals surface area (Å²) < 4.78 is 13.5. The largest absolute Gasteiger partial charge is 0.353 e. The number of hydrogen-bond acceptors (Lipinski definition) is 1. The van der Waals surface area contributed by atoms with Gasteiger partial charge in [0, 0.05) is 6.04 Å². The van der Waals surface area contributed by atoms with Gasteiger partial charge in [-0.15, -0.1) is 0 Å². The molecule has 0 aliphatic carbocycles. The molecule has 0 heterocycles. The Kier molecular flexibility index (Phi) is 5.50. The van der Waals surface area contributed by atoms with Crippen LogP contribution in [0.15, 0.2) is 54.6 Å². The molecule has 21 heavy (non-hydrogen) atoms. The number of rotatable bonds is 6. The van der Waals surface area contributed by atoms with Gasteiger partial charge in [0.15, 0.2) is 0 Å². The molecule has 1 atom stereocenters. The summed E-state index contributed by atoms with van der Waals surface area (Å²) in [6.45, 7) is 1.97. The topological polar surface area (TPSA) is 29.1 Å². The summed E-state index contributed by atoms with van der Waals surface area (Å²) in [4.78, 5) is 11.9. The molecule has 0 saturated heterocycles. The summed E-state index contributed by atoms with van der Waals surface area (Å²) in [5, 5.41) is 2.92. The number of aryl methyl sites for hydroxylation is 1. The molecule has 0 fully saturated rings. The second-order valence-electron chi connectivity index (χ2n) is 5.26. The first-order valence-corrected chi connectivity index (χ1v) is 7.22. The zero-order chi connectivity index (χ0) is 15.1. The zero-order valence-corrected chi connectivity index (χ0v) is 12.2. The molecular weight excluding hydrogens is 265 g/mol. The minimum absolute atomic E-state index is 0.0736. The number of carbonyl (C=O) groups is 1. The molecule has 0 spiro atoms. The van der Waals surface area contributed by atoms with Gasteiger partial charge in [0.1, 0.15) is 5.82 Å². The summed E-state index contributed by atoms with van der Waals surface area (Å²) in [5.74, 6) is -0.467. The van der Waals surface area contributed by atoms with Crippen LogP contribution in [0, 0.1) is 5.82 Å². The Morgan fingerprint density at radius 1 is 1.10 bits per heavy atom. The van der Waals surface area contributed by atoms with E-state index in [1.807, 2.05) is 25.1 Å². The van der Waals surface area contributed by atoms with Gasteiger partial charge in [0.2, 0.25) is 5.91 Å². The molecule has 110 valence electrons. The standard InChI is InChI=1S/C18H20FNO/c1-14(11-12-15-7-3-2-4-8-15)20-18(21)13-16-9-5-6-10-17(16)19/h2-10,14H,11-13H2,1H3,(H,20,21)/t14-/m0/s1. The molecule has 0 bridgehead atoms. The van der Waals surface area contributed by atoms with Crippen molar-refractivity contribution in [3.05, 3.63) is 71.5 Å². The van der Waals surface area contributed by atoms with Gasteiger partial charge in [-0.3, -0.25) is 4.79 Å². The minimum atomic E-state index is -0.329. The monoisotopic (exact) mass is 285 g/mol. The van der Waals surface area contributed by atoms with E-state index in [1.54, 1.807) is 18.2 Å². The third-order valence-electron chi connectivity index (χ3n) is 3.43. The van der Waals surface area contributed by atoms with Gasteiger partial charge in [-0.25, -0.2) is 4.39 Å². The van der Waals surface area contributed by atoms with Crippen molar-refractivity contribution in [2.75, 3.05) is 0 Å². The summed E-state index contributed by atoms with van der Waals surface area (Å²) in [7, 11) is 0. The molecule has 0 aliphatic rings. The van der Waals surface area contributed by atoms with Crippen LogP contribution < -0.4 is 5.32 Å². The maximum absolute atomic E-state index is 13.5. The van der Waals surface area contributed by atoms with E-state index in [2.05, 4.69) is 17.4 Å². The fourth-order valence-electron chi connectivity index (χ4n) is 2.24. The zero-order valence-electron chi connectivity index (χ0n) is 12.2. The van der Waals surface area contributed by atoms with Gasteiger partial charge >= 0.3 is 0 Å². The highest BCUT2D eigenvalue weighted by molar-refractivity contribution is 5.78. The Balaban J connectivity index is 1.78. The van der Waals surface area contributed by atoms with Crippen LogP contribution in [0.3, 0.4) is 0 Å². The van der Waals surface area contributed by atoms with Crippen LogP contribution in [0.25, 0.3) is 0 Å².